The Morgan fingerprint density at radius 3 is 2.72 bits per heavy atom. The number of carbonyl (C=O) groups excluding carboxylic acids is 1. The molecule has 0 unspecified atom stereocenters. The fourth-order valence-electron chi connectivity index (χ4n) is 3.68. The van der Waals surface area contributed by atoms with Gasteiger partial charge < -0.3 is 19.1 Å². The van der Waals surface area contributed by atoms with Crippen LogP contribution in [0.2, 0.25) is 0 Å². The van der Waals surface area contributed by atoms with Crippen LogP contribution in [0.1, 0.15) is 39.7 Å². The van der Waals surface area contributed by atoms with E-state index in [2.05, 4.69) is 15.1 Å². The second-order valence-electron chi connectivity index (χ2n) is 7.78. The molecule has 1 aromatic carbocycles. The van der Waals surface area contributed by atoms with E-state index in [0.29, 0.717) is 36.5 Å². The average Bonchev–Trinajstić information content (AvgIpc) is 3.20. The highest BCUT2D eigenvalue weighted by Gasteiger charge is 2.27. The fraction of sp³-hybridized carbons (Fsp3) is 0.455. The van der Waals surface area contributed by atoms with Crippen LogP contribution in [0.4, 0.5) is 9.18 Å². The Kier molecular flexibility index (Phi) is 6.38. The highest BCUT2D eigenvalue weighted by Crippen LogP contribution is 2.32. The van der Waals surface area contributed by atoms with Crippen molar-refractivity contribution < 1.29 is 23.4 Å². The zero-order chi connectivity index (χ0) is 22.7. The van der Waals surface area contributed by atoms with Crippen LogP contribution in [-0.4, -0.2) is 56.5 Å². The van der Waals surface area contributed by atoms with Crippen LogP contribution >= 0.6 is 0 Å². The normalized spacial score (nSPS) is 14.7. The Morgan fingerprint density at radius 2 is 2.03 bits per heavy atom. The minimum atomic E-state index is -0.546. The van der Waals surface area contributed by atoms with Gasteiger partial charge in [0, 0.05) is 19.2 Å². The van der Waals surface area contributed by atoms with Crippen molar-refractivity contribution in [2.75, 3.05) is 19.7 Å². The Balaban J connectivity index is 1.50. The van der Waals surface area contributed by atoms with Gasteiger partial charge in [-0.05, 0) is 45.7 Å². The molecule has 0 atom stereocenters. The van der Waals surface area contributed by atoms with Crippen molar-refractivity contribution in [3.05, 3.63) is 36.5 Å². The van der Waals surface area contributed by atoms with Gasteiger partial charge in [-0.3, -0.25) is 0 Å². The van der Waals surface area contributed by atoms with Crippen molar-refractivity contribution in [1.82, 2.24) is 24.6 Å². The second kappa shape index (κ2) is 9.37. The van der Waals surface area contributed by atoms with Gasteiger partial charge in [-0.2, -0.15) is 5.10 Å². The third-order valence-corrected chi connectivity index (χ3v) is 5.18. The van der Waals surface area contributed by atoms with Gasteiger partial charge in [0.2, 0.25) is 5.88 Å². The van der Waals surface area contributed by atoms with E-state index in [-0.39, 0.29) is 29.9 Å². The first-order valence-corrected chi connectivity index (χ1v) is 10.7. The highest BCUT2D eigenvalue weighted by atomic mass is 19.1. The van der Waals surface area contributed by atoms with Crippen LogP contribution in [0.3, 0.4) is 0 Å². The van der Waals surface area contributed by atoms with Gasteiger partial charge >= 0.3 is 6.09 Å². The summed E-state index contributed by atoms with van der Waals surface area (Å²) in [6.45, 7) is 7.09. The van der Waals surface area contributed by atoms with Crippen LogP contribution < -0.4 is 9.47 Å². The Bertz CT molecular complexity index is 1100. The summed E-state index contributed by atoms with van der Waals surface area (Å²) in [5.41, 5.74) is 0.601. The minimum Gasteiger partial charge on any atom is -0.494 e. The predicted octanol–water partition coefficient (Wildman–Crippen LogP) is 4.34. The molecule has 2 aromatic heterocycles. The van der Waals surface area contributed by atoms with E-state index in [0.717, 1.165) is 12.8 Å². The number of amides is 1. The van der Waals surface area contributed by atoms with Gasteiger partial charge in [0.25, 0.3) is 0 Å². The molecule has 9 nitrogen and oxygen atoms in total. The van der Waals surface area contributed by atoms with E-state index in [9.17, 15) is 9.18 Å². The molecule has 3 aromatic rings. The second-order valence-corrected chi connectivity index (χ2v) is 7.78. The van der Waals surface area contributed by atoms with E-state index in [4.69, 9.17) is 14.2 Å². The Labute approximate surface area is 185 Å². The lowest BCUT2D eigenvalue weighted by Gasteiger charge is -2.31. The summed E-state index contributed by atoms with van der Waals surface area (Å²) in [5, 5.41) is 5.07. The molecule has 32 heavy (non-hydrogen) atoms. The van der Waals surface area contributed by atoms with Crippen LogP contribution in [-0.2, 0) is 4.74 Å². The third kappa shape index (κ3) is 4.58. The van der Waals surface area contributed by atoms with Gasteiger partial charge in [-0.25, -0.2) is 23.8 Å². The van der Waals surface area contributed by atoms with Crippen LogP contribution in [0.15, 0.2) is 30.7 Å². The first-order valence-electron chi connectivity index (χ1n) is 10.7. The lowest BCUT2D eigenvalue weighted by molar-refractivity contribution is 0.0656. The smallest absolute Gasteiger partial charge is 0.410 e. The van der Waals surface area contributed by atoms with Crippen molar-refractivity contribution in [1.29, 1.82) is 0 Å². The summed E-state index contributed by atoms with van der Waals surface area (Å²) in [6.07, 6.45) is 3.99. The number of hydrogen-bond acceptors (Lipinski definition) is 7. The SMILES string of the molecule is CCOc1ccc(Oc2ncnc3c2cnn3C2CCN(C(=O)OC(C)C)CC2)c(F)c1. The number of hydrogen-bond donors (Lipinski definition) is 0. The quantitative estimate of drug-likeness (QED) is 0.560. The highest BCUT2D eigenvalue weighted by molar-refractivity contribution is 5.80. The van der Waals surface area contributed by atoms with Crippen molar-refractivity contribution in [3.8, 4) is 17.4 Å². The molecule has 0 saturated carbocycles. The van der Waals surface area contributed by atoms with Crippen LogP contribution in [0, 0.1) is 5.82 Å². The van der Waals surface area contributed by atoms with Crippen molar-refractivity contribution in [2.24, 2.45) is 0 Å². The van der Waals surface area contributed by atoms with Gasteiger partial charge in [0.1, 0.15) is 17.5 Å². The van der Waals surface area contributed by atoms with Crippen molar-refractivity contribution in [3.63, 3.8) is 0 Å². The maximum absolute atomic E-state index is 14.4. The number of halogens is 1. The molecule has 1 saturated heterocycles. The zero-order valence-corrected chi connectivity index (χ0v) is 18.3. The lowest BCUT2D eigenvalue weighted by atomic mass is 10.1. The molecule has 1 aliphatic heterocycles. The first-order chi connectivity index (χ1) is 15.5. The average molecular weight is 443 g/mol. The number of aromatic nitrogens is 4. The van der Waals surface area contributed by atoms with Gasteiger partial charge in [-0.1, -0.05) is 0 Å². The molecule has 0 aliphatic carbocycles. The van der Waals surface area contributed by atoms with Crippen LogP contribution in [0.25, 0.3) is 11.0 Å². The first kappa shape index (κ1) is 21.8. The van der Waals surface area contributed by atoms with E-state index in [1.165, 1.54) is 18.5 Å². The summed E-state index contributed by atoms with van der Waals surface area (Å²) in [4.78, 5) is 22.4. The molecule has 0 radical (unpaired) electrons. The standard InChI is InChI=1S/C22H26FN5O4/c1-4-30-16-5-6-19(18(23)11-16)32-21-17-12-26-28(20(17)24-13-25-21)15-7-9-27(10-8-15)22(29)31-14(2)3/h5-6,11-15H,4,7-10H2,1-3H3. The maximum Gasteiger partial charge on any atom is 0.410 e. The number of rotatable bonds is 6. The zero-order valence-electron chi connectivity index (χ0n) is 18.3. The van der Waals surface area contributed by atoms with Crippen molar-refractivity contribution in [2.45, 2.75) is 45.8 Å². The monoisotopic (exact) mass is 443 g/mol. The summed E-state index contributed by atoms with van der Waals surface area (Å²) in [6, 6.07) is 4.49. The molecule has 0 N–H and O–H groups in total. The predicted molar refractivity (Wildman–Crippen MR) is 114 cm³/mol. The minimum absolute atomic E-state index is 0.0400. The van der Waals surface area contributed by atoms with E-state index >= 15 is 0 Å². The summed E-state index contributed by atoms with van der Waals surface area (Å²) < 4.78 is 32.6. The fourth-order valence-corrected chi connectivity index (χ4v) is 3.68. The Morgan fingerprint density at radius 1 is 1.25 bits per heavy atom. The molecule has 0 bridgehead atoms. The van der Waals surface area contributed by atoms with Gasteiger partial charge in [0.05, 0.1) is 24.9 Å². The number of benzene rings is 1. The Hall–Kier alpha value is -3.43. The summed E-state index contributed by atoms with van der Waals surface area (Å²) in [5.74, 6) is 0.151. The third-order valence-electron chi connectivity index (χ3n) is 5.18. The molecular formula is C22H26FN5O4. The number of nitrogens with zero attached hydrogens (tertiary/aromatic N) is 5. The molecule has 0 spiro atoms. The largest absolute Gasteiger partial charge is 0.494 e. The molecule has 10 heteroatoms. The van der Waals surface area contributed by atoms with Crippen molar-refractivity contribution >= 4 is 17.1 Å². The number of fused-ring (bicyclic) bond motifs is 1. The number of carbonyl (C=O) groups is 1. The van der Waals surface area contributed by atoms with E-state index < -0.39 is 5.82 Å². The summed E-state index contributed by atoms with van der Waals surface area (Å²) in [7, 11) is 0. The lowest BCUT2D eigenvalue weighted by Crippen LogP contribution is -2.40. The van der Waals surface area contributed by atoms with E-state index in [1.54, 1.807) is 17.2 Å². The number of piperidine rings is 1. The maximum atomic E-state index is 14.4. The molecule has 4 rings (SSSR count). The van der Waals surface area contributed by atoms with E-state index in [1.807, 2.05) is 25.5 Å². The molecule has 170 valence electrons. The molecule has 1 fully saturated rings. The van der Waals surface area contributed by atoms with Gasteiger partial charge in [0.15, 0.2) is 17.2 Å². The molecule has 1 aliphatic rings. The molecule has 3 heterocycles. The molecule has 1 amide bonds. The topological polar surface area (TPSA) is 91.6 Å². The molecular weight excluding hydrogens is 417 g/mol. The van der Waals surface area contributed by atoms with Crippen LogP contribution in [0.5, 0.6) is 17.4 Å². The number of ether oxygens (including phenoxy) is 3. The van der Waals surface area contributed by atoms with Gasteiger partial charge in [-0.15, -0.1) is 0 Å². The summed E-state index contributed by atoms with van der Waals surface area (Å²) >= 11 is 0. The number of likely N-dealkylation sites (tertiary alicyclic amines) is 1.